The molecular formula is C4H6Cl4. The van der Waals surface area contributed by atoms with Crippen molar-refractivity contribution >= 4 is 46.4 Å². The zero-order valence-corrected chi connectivity index (χ0v) is 7.10. The van der Waals surface area contributed by atoms with Gasteiger partial charge in [0.2, 0.25) is 0 Å². The van der Waals surface area contributed by atoms with E-state index in [0.717, 1.165) is 0 Å². The van der Waals surface area contributed by atoms with Gasteiger partial charge in [-0.25, -0.2) is 0 Å². The maximum Gasteiger partial charge on any atom is 0.0359 e. The van der Waals surface area contributed by atoms with Crippen molar-refractivity contribution in [2.45, 2.75) is 0 Å². The number of halogens is 4. The predicted molar refractivity (Wildman–Crippen MR) is 42.3 cm³/mol. The van der Waals surface area contributed by atoms with Crippen LogP contribution in [0, 0.1) is 0 Å². The Morgan fingerprint density at radius 3 is 1.12 bits per heavy atom. The lowest BCUT2D eigenvalue weighted by Crippen LogP contribution is -1.63. The maximum absolute atomic E-state index is 5.05. The number of hydrogen-bond donors (Lipinski definition) is 0. The molecule has 0 aliphatic heterocycles. The molecule has 0 atom stereocenters. The van der Waals surface area contributed by atoms with Crippen LogP contribution in [-0.4, -0.2) is 11.8 Å². The van der Waals surface area contributed by atoms with E-state index in [-0.39, 0.29) is 0 Å². The molecule has 0 heterocycles. The highest BCUT2D eigenvalue weighted by Crippen LogP contribution is 1.78. The van der Waals surface area contributed by atoms with E-state index in [2.05, 4.69) is 0 Å². The molecule has 0 aliphatic carbocycles. The van der Waals surface area contributed by atoms with Gasteiger partial charge in [-0.3, -0.25) is 0 Å². The molecule has 0 saturated carbocycles. The Bertz CT molecular complexity index is 37.3. The van der Waals surface area contributed by atoms with Crippen LogP contribution in [-0.2, 0) is 0 Å². The SMILES string of the molecule is Cl/C=C\Cl.ClCCCl. The van der Waals surface area contributed by atoms with Gasteiger partial charge in [-0.05, 0) is 0 Å². The molecular weight excluding hydrogens is 190 g/mol. The van der Waals surface area contributed by atoms with Gasteiger partial charge in [0, 0.05) is 22.8 Å². The lowest BCUT2D eigenvalue weighted by molar-refractivity contribution is 1.52. The molecule has 0 amide bonds. The number of rotatable bonds is 1. The van der Waals surface area contributed by atoms with Gasteiger partial charge < -0.3 is 0 Å². The minimum Gasteiger partial charge on any atom is -0.125 e. The van der Waals surface area contributed by atoms with Crippen molar-refractivity contribution in [3.8, 4) is 0 Å². The molecule has 0 nitrogen and oxygen atoms in total. The maximum atomic E-state index is 5.05. The van der Waals surface area contributed by atoms with Crippen molar-refractivity contribution in [2.75, 3.05) is 11.8 Å². The summed E-state index contributed by atoms with van der Waals surface area (Å²) in [4.78, 5) is 0. The first-order valence-corrected chi connectivity index (χ1v) is 3.75. The van der Waals surface area contributed by atoms with Gasteiger partial charge in [0.25, 0.3) is 0 Å². The minimum absolute atomic E-state index is 0.557. The van der Waals surface area contributed by atoms with Gasteiger partial charge in [-0.2, -0.15) is 0 Å². The van der Waals surface area contributed by atoms with Crippen LogP contribution in [0.3, 0.4) is 0 Å². The van der Waals surface area contributed by atoms with E-state index in [1.165, 1.54) is 11.1 Å². The van der Waals surface area contributed by atoms with Crippen molar-refractivity contribution < 1.29 is 0 Å². The lowest BCUT2D eigenvalue weighted by Gasteiger charge is -1.63. The summed E-state index contributed by atoms with van der Waals surface area (Å²) in [5.74, 6) is 1.11. The Kier molecular flexibility index (Phi) is 22.8. The number of hydrogen-bond acceptors (Lipinski definition) is 0. The largest absolute Gasteiger partial charge is 0.125 e. The third kappa shape index (κ3) is 28.6. The van der Waals surface area contributed by atoms with Crippen LogP contribution in [0.4, 0.5) is 0 Å². The standard InChI is InChI=1S/C2H4Cl2.C2H2Cl2/c2*3-1-2-4/h1-2H2;1-2H/b;2-1-. The van der Waals surface area contributed by atoms with E-state index in [1.54, 1.807) is 0 Å². The second-order valence-electron chi connectivity index (χ2n) is 0.630. The Balaban J connectivity index is 0. The molecule has 0 bridgehead atoms. The minimum atomic E-state index is 0.557. The molecule has 0 unspecified atom stereocenters. The van der Waals surface area contributed by atoms with Crippen LogP contribution in [0.25, 0.3) is 0 Å². The summed E-state index contributed by atoms with van der Waals surface area (Å²) in [5.41, 5.74) is 2.48. The Morgan fingerprint density at radius 1 is 0.875 bits per heavy atom. The van der Waals surface area contributed by atoms with E-state index in [9.17, 15) is 0 Å². The second-order valence-corrected chi connectivity index (χ2v) is 1.89. The summed E-state index contributed by atoms with van der Waals surface area (Å²) in [6.07, 6.45) is 0. The van der Waals surface area contributed by atoms with Crippen molar-refractivity contribution in [1.82, 2.24) is 0 Å². The molecule has 50 valence electrons. The normalized spacial score (nSPS) is 8.50. The Morgan fingerprint density at radius 2 is 1.12 bits per heavy atom. The topological polar surface area (TPSA) is 0 Å². The molecule has 0 spiro atoms. The van der Waals surface area contributed by atoms with Crippen molar-refractivity contribution in [3.05, 3.63) is 11.1 Å². The fraction of sp³-hybridized carbons (Fsp3) is 0.500. The summed E-state index contributed by atoms with van der Waals surface area (Å²) >= 11 is 19.9. The predicted octanol–water partition coefficient (Wildman–Crippen LogP) is 3.40. The van der Waals surface area contributed by atoms with Crippen molar-refractivity contribution in [3.63, 3.8) is 0 Å². The van der Waals surface area contributed by atoms with Gasteiger partial charge in [-0.1, -0.05) is 23.2 Å². The Hall–Kier alpha value is 0.900. The molecule has 4 heteroatoms. The summed E-state index contributed by atoms with van der Waals surface area (Å²) in [7, 11) is 0. The third-order valence-electron chi connectivity index (χ3n) is 0.119. The highest BCUT2D eigenvalue weighted by Gasteiger charge is 1.61. The molecule has 0 saturated heterocycles. The van der Waals surface area contributed by atoms with E-state index in [1.807, 2.05) is 0 Å². The first kappa shape index (κ1) is 11.7. The smallest absolute Gasteiger partial charge is 0.0359 e. The second kappa shape index (κ2) is 15.7. The van der Waals surface area contributed by atoms with Crippen LogP contribution in [0.2, 0.25) is 0 Å². The summed E-state index contributed by atoms with van der Waals surface area (Å²) in [6, 6.07) is 0. The molecule has 8 heavy (non-hydrogen) atoms. The quantitative estimate of drug-likeness (QED) is 0.563. The van der Waals surface area contributed by atoms with E-state index >= 15 is 0 Å². The van der Waals surface area contributed by atoms with Gasteiger partial charge in [0.05, 0.1) is 0 Å². The molecule has 0 rings (SSSR count). The van der Waals surface area contributed by atoms with Gasteiger partial charge in [0.15, 0.2) is 0 Å². The summed E-state index contributed by atoms with van der Waals surface area (Å²) in [6.45, 7) is 0. The van der Waals surface area contributed by atoms with Crippen LogP contribution in [0.5, 0.6) is 0 Å². The summed E-state index contributed by atoms with van der Waals surface area (Å²) < 4.78 is 0. The molecule has 0 fully saturated rings. The third-order valence-corrected chi connectivity index (χ3v) is 1.07. The molecule has 0 radical (unpaired) electrons. The monoisotopic (exact) mass is 194 g/mol. The molecule has 0 aromatic carbocycles. The zero-order chi connectivity index (χ0) is 6.83. The van der Waals surface area contributed by atoms with Gasteiger partial charge in [-0.15, -0.1) is 23.2 Å². The molecule has 0 N–H and O–H groups in total. The average Bonchev–Trinajstić information content (AvgIpc) is 1.88. The van der Waals surface area contributed by atoms with Gasteiger partial charge >= 0.3 is 0 Å². The van der Waals surface area contributed by atoms with E-state index in [0.29, 0.717) is 11.8 Å². The van der Waals surface area contributed by atoms with E-state index in [4.69, 9.17) is 46.4 Å². The van der Waals surface area contributed by atoms with Crippen LogP contribution in [0.1, 0.15) is 0 Å². The van der Waals surface area contributed by atoms with Crippen molar-refractivity contribution in [2.24, 2.45) is 0 Å². The van der Waals surface area contributed by atoms with E-state index < -0.39 is 0 Å². The average molecular weight is 196 g/mol. The number of alkyl halides is 2. The lowest BCUT2D eigenvalue weighted by atomic mass is 11.0. The fourth-order valence-electron chi connectivity index (χ4n) is 0. The first-order valence-electron chi connectivity index (χ1n) is 1.80. The highest BCUT2D eigenvalue weighted by atomic mass is 35.5. The van der Waals surface area contributed by atoms with Crippen LogP contribution < -0.4 is 0 Å². The molecule has 0 aliphatic rings. The molecule has 0 aromatic heterocycles. The van der Waals surface area contributed by atoms with Crippen LogP contribution >= 0.6 is 46.4 Å². The fourth-order valence-corrected chi connectivity index (χ4v) is 0. The summed E-state index contributed by atoms with van der Waals surface area (Å²) in [5, 5.41) is 0. The van der Waals surface area contributed by atoms with Gasteiger partial charge in [0.1, 0.15) is 0 Å². The highest BCUT2D eigenvalue weighted by molar-refractivity contribution is 6.33. The van der Waals surface area contributed by atoms with Crippen molar-refractivity contribution in [1.29, 1.82) is 0 Å². The zero-order valence-electron chi connectivity index (χ0n) is 4.08. The first-order chi connectivity index (χ1) is 3.83. The Labute approximate surface area is 69.4 Å². The molecule has 0 aromatic rings. The van der Waals surface area contributed by atoms with Crippen LogP contribution in [0.15, 0.2) is 11.1 Å².